The van der Waals surface area contributed by atoms with Crippen LogP contribution in [0.3, 0.4) is 0 Å². The molecule has 1 rings (SSSR count). The smallest absolute Gasteiger partial charge is 0.220 e. The van der Waals surface area contributed by atoms with E-state index in [1.165, 1.54) is 0 Å². The van der Waals surface area contributed by atoms with Gasteiger partial charge in [-0.25, -0.2) is 0 Å². The van der Waals surface area contributed by atoms with Crippen molar-refractivity contribution in [2.75, 3.05) is 26.9 Å². The van der Waals surface area contributed by atoms with Gasteiger partial charge in [0.05, 0.1) is 12.7 Å². The number of carbonyl (C=O) groups excluding carboxylic acids is 1. The Kier molecular flexibility index (Phi) is 7.81. The Balaban J connectivity index is 1.97. The summed E-state index contributed by atoms with van der Waals surface area (Å²) < 4.78 is 10.5. The van der Waals surface area contributed by atoms with Crippen molar-refractivity contribution in [1.29, 1.82) is 0 Å². The number of rotatable bonds is 8. The van der Waals surface area contributed by atoms with Gasteiger partial charge in [0.2, 0.25) is 5.91 Å². The zero-order valence-corrected chi connectivity index (χ0v) is 12.0. The molecule has 0 bridgehead atoms. The Morgan fingerprint density at radius 3 is 3.12 bits per heavy atom. The van der Waals surface area contributed by atoms with Crippen molar-refractivity contribution in [1.82, 2.24) is 5.32 Å². The molecule has 0 saturated carbocycles. The van der Waals surface area contributed by atoms with E-state index in [9.17, 15) is 4.79 Å². The van der Waals surface area contributed by atoms with Crippen LogP contribution in [0.15, 0.2) is 0 Å². The van der Waals surface area contributed by atoms with E-state index in [1.807, 2.05) is 0 Å². The van der Waals surface area contributed by atoms with Gasteiger partial charge >= 0.3 is 0 Å². The summed E-state index contributed by atoms with van der Waals surface area (Å²) in [6, 6.07) is 0. The molecule has 0 aliphatic carbocycles. The van der Waals surface area contributed by atoms with Gasteiger partial charge < -0.3 is 14.8 Å². The number of methoxy groups -OCH3 is 1. The number of halogens is 1. The van der Waals surface area contributed by atoms with Crippen LogP contribution in [-0.4, -0.2) is 43.7 Å². The molecule has 2 unspecified atom stereocenters. The standard InChI is InChI=1S/C12H22BrNO3/c1-16-9-10(13)6-7-14-12(15)5-4-11-3-2-8-17-11/h10-11H,2-9H2,1H3,(H,14,15). The number of hydrogen-bond acceptors (Lipinski definition) is 3. The van der Waals surface area contributed by atoms with Crippen molar-refractivity contribution >= 4 is 21.8 Å². The first-order valence-corrected chi connectivity index (χ1v) is 7.15. The molecule has 17 heavy (non-hydrogen) atoms. The van der Waals surface area contributed by atoms with E-state index in [4.69, 9.17) is 9.47 Å². The summed E-state index contributed by atoms with van der Waals surface area (Å²) in [5.74, 6) is 0.123. The van der Waals surface area contributed by atoms with E-state index in [0.29, 0.717) is 30.5 Å². The molecule has 1 aliphatic heterocycles. The van der Waals surface area contributed by atoms with Crippen LogP contribution in [-0.2, 0) is 14.3 Å². The van der Waals surface area contributed by atoms with Crippen molar-refractivity contribution in [3.63, 3.8) is 0 Å². The Bertz CT molecular complexity index is 220. The van der Waals surface area contributed by atoms with Crippen LogP contribution >= 0.6 is 15.9 Å². The number of carbonyl (C=O) groups is 1. The predicted octanol–water partition coefficient (Wildman–Crippen LogP) is 1.86. The third-order valence-corrected chi connectivity index (χ3v) is 3.57. The fourth-order valence-electron chi connectivity index (χ4n) is 1.88. The molecule has 0 radical (unpaired) electrons. The largest absolute Gasteiger partial charge is 0.384 e. The molecule has 0 aromatic carbocycles. The van der Waals surface area contributed by atoms with Gasteiger partial charge in [0.1, 0.15) is 0 Å². The van der Waals surface area contributed by atoms with Crippen LogP contribution in [0.2, 0.25) is 0 Å². The van der Waals surface area contributed by atoms with Gasteiger partial charge in [0.25, 0.3) is 0 Å². The van der Waals surface area contributed by atoms with Gasteiger partial charge in [-0.15, -0.1) is 0 Å². The van der Waals surface area contributed by atoms with Crippen LogP contribution in [0, 0.1) is 0 Å². The average Bonchev–Trinajstić information content (AvgIpc) is 2.79. The Hall–Kier alpha value is -0.130. The van der Waals surface area contributed by atoms with Crippen LogP contribution in [0.25, 0.3) is 0 Å². The molecule has 5 heteroatoms. The number of ether oxygens (including phenoxy) is 2. The summed E-state index contributed by atoms with van der Waals surface area (Å²) in [6.45, 7) is 2.23. The zero-order chi connectivity index (χ0) is 12.5. The minimum absolute atomic E-state index is 0.123. The molecule has 1 N–H and O–H groups in total. The molecule has 4 nitrogen and oxygen atoms in total. The molecule has 2 atom stereocenters. The molecule has 0 aromatic rings. The summed E-state index contributed by atoms with van der Waals surface area (Å²) >= 11 is 3.48. The van der Waals surface area contributed by atoms with E-state index in [0.717, 1.165) is 32.3 Å². The summed E-state index contributed by atoms with van der Waals surface area (Å²) in [7, 11) is 1.68. The highest BCUT2D eigenvalue weighted by Gasteiger charge is 2.16. The third-order valence-electron chi connectivity index (χ3n) is 2.84. The van der Waals surface area contributed by atoms with Gasteiger partial charge in [0, 0.05) is 31.5 Å². The van der Waals surface area contributed by atoms with Crippen LogP contribution in [0.4, 0.5) is 0 Å². The lowest BCUT2D eigenvalue weighted by Gasteiger charge is -2.11. The van der Waals surface area contributed by atoms with Gasteiger partial charge in [-0.3, -0.25) is 4.79 Å². The second kappa shape index (κ2) is 8.89. The molecular weight excluding hydrogens is 286 g/mol. The topological polar surface area (TPSA) is 47.6 Å². The Morgan fingerprint density at radius 1 is 1.65 bits per heavy atom. The van der Waals surface area contributed by atoms with E-state index in [1.54, 1.807) is 7.11 Å². The number of nitrogens with one attached hydrogen (secondary N) is 1. The van der Waals surface area contributed by atoms with Crippen LogP contribution in [0.1, 0.15) is 32.1 Å². The Labute approximate surface area is 112 Å². The molecule has 1 aliphatic rings. The fraction of sp³-hybridized carbons (Fsp3) is 0.917. The zero-order valence-electron chi connectivity index (χ0n) is 10.4. The maximum absolute atomic E-state index is 11.5. The first-order chi connectivity index (χ1) is 8.22. The first-order valence-electron chi connectivity index (χ1n) is 6.23. The van der Waals surface area contributed by atoms with Crippen molar-refractivity contribution in [3.8, 4) is 0 Å². The predicted molar refractivity (Wildman–Crippen MR) is 70.4 cm³/mol. The second-order valence-electron chi connectivity index (χ2n) is 4.36. The van der Waals surface area contributed by atoms with Crippen molar-refractivity contribution in [2.24, 2.45) is 0 Å². The average molecular weight is 308 g/mol. The first kappa shape index (κ1) is 14.9. The molecule has 0 aromatic heterocycles. The molecular formula is C12H22BrNO3. The summed E-state index contributed by atoms with van der Waals surface area (Å²) in [6.07, 6.45) is 4.85. The van der Waals surface area contributed by atoms with Crippen LogP contribution in [0.5, 0.6) is 0 Å². The fourth-order valence-corrected chi connectivity index (χ4v) is 2.38. The molecule has 1 heterocycles. The summed E-state index contributed by atoms with van der Waals surface area (Å²) in [5.41, 5.74) is 0. The number of hydrogen-bond donors (Lipinski definition) is 1. The lowest BCUT2D eigenvalue weighted by Crippen LogP contribution is -2.27. The molecule has 100 valence electrons. The normalized spacial score (nSPS) is 21.4. The monoisotopic (exact) mass is 307 g/mol. The van der Waals surface area contributed by atoms with E-state index >= 15 is 0 Å². The minimum Gasteiger partial charge on any atom is -0.384 e. The van der Waals surface area contributed by atoms with E-state index in [-0.39, 0.29) is 5.91 Å². The van der Waals surface area contributed by atoms with Crippen LogP contribution < -0.4 is 5.32 Å². The maximum atomic E-state index is 11.5. The van der Waals surface area contributed by atoms with E-state index in [2.05, 4.69) is 21.2 Å². The SMILES string of the molecule is COCC(Br)CCNC(=O)CCC1CCCO1. The van der Waals surface area contributed by atoms with Crippen molar-refractivity contribution in [3.05, 3.63) is 0 Å². The summed E-state index contributed by atoms with van der Waals surface area (Å²) in [4.78, 5) is 11.8. The van der Waals surface area contributed by atoms with Gasteiger partial charge in [0.15, 0.2) is 0 Å². The van der Waals surface area contributed by atoms with E-state index < -0.39 is 0 Å². The van der Waals surface area contributed by atoms with Gasteiger partial charge in [-0.05, 0) is 25.7 Å². The molecule has 0 spiro atoms. The second-order valence-corrected chi connectivity index (χ2v) is 5.66. The molecule has 1 amide bonds. The maximum Gasteiger partial charge on any atom is 0.220 e. The lowest BCUT2D eigenvalue weighted by molar-refractivity contribution is -0.121. The highest BCUT2D eigenvalue weighted by molar-refractivity contribution is 9.09. The number of alkyl halides is 1. The van der Waals surface area contributed by atoms with Crippen molar-refractivity contribution in [2.45, 2.75) is 43.0 Å². The highest BCUT2D eigenvalue weighted by atomic mass is 79.9. The number of amides is 1. The summed E-state index contributed by atoms with van der Waals surface area (Å²) in [5, 5.41) is 2.92. The van der Waals surface area contributed by atoms with Gasteiger partial charge in [-0.1, -0.05) is 15.9 Å². The quantitative estimate of drug-likeness (QED) is 0.696. The van der Waals surface area contributed by atoms with Gasteiger partial charge in [-0.2, -0.15) is 0 Å². The molecule has 1 saturated heterocycles. The van der Waals surface area contributed by atoms with Crippen molar-refractivity contribution < 1.29 is 14.3 Å². The minimum atomic E-state index is 0.123. The Morgan fingerprint density at radius 2 is 2.47 bits per heavy atom. The lowest BCUT2D eigenvalue weighted by atomic mass is 10.1. The molecule has 1 fully saturated rings. The highest BCUT2D eigenvalue weighted by Crippen LogP contribution is 2.16. The third kappa shape index (κ3) is 7.01.